The number of aliphatic hydroxyl groups excluding tert-OH is 1. The number of nitrogens with two attached hydrogens (primary N) is 1. The van der Waals surface area contributed by atoms with Crippen molar-refractivity contribution < 1.29 is 9.90 Å². The number of carbonyl (C=O) groups is 1. The Balaban J connectivity index is 1.66. The van der Waals surface area contributed by atoms with Crippen LogP contribution >= 0.6 is 0 Å². The van der Waals surface area contributed by atoms with Crippen molar-refractivity contribution in [3.05, 3.63) is 59.2 Å². The molecule has 0 saturated heterocycles. The molecule has 1 unspecified atom stereocenters. The highest BCUT2D eigenvalue weighted by atomic mass is 16.3. The van der Waals surface area contributed by atoms with Crippen LogP contribution in [0, 0.1) is 0 Å². The minimum absolute atomic E-state index is 0.276. The molecule has 5 nitrogen and oxygen atoms in total. The molecule has 1 aliphatic carbocycles. The zero-order valence-electron chi connectivity index (χ0n) is 12.9. The van der Waals surface area contributed by atoms with Gasteiger partial charge in [0, 0.05) is 24.3 Å². The number of hydrogen-bond donors (Lipinski definition) is 4. The van der Waals surface area contributed by atoms with Gasteiger partial charge in [-0.2, -0.15) is 0 Å². The number of urea groups is 1. The van der Waals surface area contributed by atoms with E-state index in [0.29, 0.717) is 18.7 Å². The second-order valence-electron chi connectivity index (χ2n) is 5.85. The Labute approximate surface area is 135 Å². The lowest BCUT2D eigenvalue weighted by atomic mass is 9.88. The molecule has 5 N–H and O–H groups in total. The molecule has 0 aromatic heterocycles. The number of nitrogens with one attached hydrogen (secondary N) is 2. The second-order valence-corrected chi connectivity index (χ2v) is 5.85. The van der Waals surface area contributed by atoms with Crippen LogP contribution in [0.25, 0.3) is 0 Å². The van der Waals surface area contributed by atoms with Gasteiger partial charge in [0.05, 0.1) is 6.10 Å². The number of anilines is 2. The number of carbonyl (C=O) groups excluding carboxylic acids is 1. The molecule has 0 saturated carbocycles. The molecule has 23 heavy (non-hydrogen) atoms. The summed E-state index contributed by atoms with van der Waals surface area (Å²) in [4.78, 5) is 12.1. The van der Waals surface area contributed by atoms with E-state index in [2.05, 4.69) is 16.7 Å². The van der Waals surface area contributed by atoms with Crippen LogP contribution in [0.15, 0.2) is 42.5 Å². The molecule has 3 rings (SSSR count). The molecule has 0 radical (unpaired) electrons. The van der Waals surface area contributed by atoms with Gasteiger partial charge in [-0.1, -0.05) is 30.3 Å². The summed E-state index contributed by atoms with van der Waals surface area (Å²) in [5, 5.41) is 15.5. The second kappa shape index (κ2) is 6.71. The molecule has 0 heterocycles. The summed E-state index contributed by atoms with van der Waals surface area (Å²) < 4.78 is 0. The third kappa shape index (κ3) is 3.63. The van der Waals surface area contributed by atoms with Crippen molar-refractivity contribution in [3.63, 3.8) is 0 Å². The normalized spacial score (nSPS) is 16.5. The summed E-state index contributed by atoms with van der Waals surface area (Å²) in [6.07, 6.45) is 1.86. The summed E-state index contributed by atoms with van der Waals surface area (Å²) in [5.74, 6) is 0. The minimum Gasteiger partial charge on any atom is -0.398 e. The van der Waals surface area contributed by atoms with Crippen LogP contribution in [-0.4, -0.2) is 17.2 Å². The predicted molar refractivity (Wildman–Crippen MR) is 91.2 cm³/mol. The average Bonchev–Trinajstić information content (AvgIpc) is 2.55. The fourth-order valence-corrected chi connectivity index (χ4v) is 2.92. The Kier molecular flexibility index (Phi) is 4.48. The summed E-state index contributed by atoms with van der Waals surface area (Å²) in [6.45, 7) is 0.371. The maximum Gasteiger partial charge on any atom is 0.319 e. The van der Waals surface area contributed by atoms with E-state index in [0.717, 1.165) is 29.7 Å². The number of aryl methyl sites for hydroxylation is 1. The molecule has 2 aromatic carbocycles. The van der Waals surface area contributed by atoms with Crippen molar-refractivity contribution in [1.82, 2.24) is 5.32 Å². The minimum atomic E-state index is -0.336. The number of aliphatic hydroxyl groups is 1. The van der Waals surface area contributed by atoms with Crippen LogP contribution in [0.3, 0.4) is 0 Å². The summed E-state index contributed by atoms with van der Waals surface area (Å²) >= 11 is 0. The molecule has 2 aromatic rings. The van der Waals surface area contributed by atoms with Crippen LogP contribution in [-0.2, 0) is 19.4 Å². The fourth-order valence-electron chi connectivity index (χ4n) is 2.92. The molecule has 5 heteroatoms. The van der Waals surface area contributed by atoms with E-state index in [1.165, 1.54) is 5.56 Å². The van der Waals surface area contributed by atoms with Crippen LogP contribution in [0.1, 0.15) is 23.1 Å². The largest absolute Gasteiger partial charge is 0.398 e. The van der Waals surface area contributed by atoms with Gasteiger partial charge in [0.15, 0.2) is 0 Å². The van der Waals surface area contributed by atoms with Crippen LogP contribution in [0.2, 0.25) is 0 Å². The lowest BCUT2D eigenvalue weighted by Gasteiger charge is -2.23. The Bertz CT molecular complexity index is 715. The van der Waals surface area contributed by atoms with E-state index in [1.54, 1.807) is 0 Å². The van der Waals surface area contributed by atoms with Crippen molar-refractivity contribution in [2.24, 2.45) is 0 Å². The first-order chi connectivity index (χ1) is 11.1. The van der Waals surface area contributed by atoms with E-state index in [-0.39, 0.29) is 12.1 Å². The van der Waals surface area contributed by atoms with Gasteiger partial charge in [-0.05, 0) is 41.7 Å². The number of nitrogen functional groups attached to an aromatic ring is 1. The van der Waals surface area contributed by atoms with Gasteiger partial charge in [0.2, 0.25) is 0 Å². The van der Waals surface area contributed by atoms with Crippen LogP contribution in [0.4, 0.5) is 16.2 Å². The van der Waals surface area contributed by atoms with E-state index in [4.69, 9.17) is 5.73 Å². The topological polar surface area (TPSA) is 87.4 Å². The van der Waals surface area contributed by atoms with Crippen LogP contribution < -0.4 is 16.4 Å². The number of amides is 2. The lowest BCUT2D eigenvalue weighted by Crippen LogP contribution is -2.30. The Morgan fingerprint density at radius 2 is 2.04 bits per heavy atom. The highest BCUT2D eigenvalue weighted by molar-refractivity contribution is 5.90. The van der Waals surface area contributed by atoms with Gasteiger partial charge in [-0.15, -0.1) is 0 Å². The van der Waals surface area contributed by atoms with Gasteiger partial charge in [0.1, 0.15) is 0 Å². The number of rotatable bonds is 3. The van der Waals surface area contributed by atoms with E-state index < -0.39 is 0 Å². The molecule has 0 spiro atoms. The van der Waals surface area contributed by atoms with Crippen molar-refractivity contribution in [3.8, 4) is 0 Å². The van der Waals surface area contributed by atoms with E-state index in [1.807, 2.05) is 36.4 Å². The number of para-hydroxylation sites is 1. The van der Waals surface area contributed by atoms with Gasteiger partial charge in [0.25, 0.3) is 0 Å². The molecular weight excluding hydrogens is 290 g/mol. The maximum atomic E-state index is 12.1. The highest BCUT2D eigenvalue weighted by Crippen LogP contribution is 2.28. The smallest absolute Gasteiger partial charge is 0.319 e. The SMILES string of the molecule is Nc1ccccc1CNC(=O)Nc1cccc2c1CC(O)CC2. The van der Waals surface area contributed by atoms with Crippen molar-refractivity contribution in [2.75, 3.05) is 11.1 Å². The standard InChI is InChI=1S/C18H21N3O2/c19-16-6-2-1-4-13(16)11-20-18(23)21-17-7-3-5-12-8-9-14(22)10-15(12)17/h1-7,14,22H,8-11,19H2,(H2,20,21,23). The van der Waals surface area contributed by atoms with Gasteiger partial charge in [-0.25, -0.2) is 4.79 Å². The number of benzene rings is 2. The summed E-state index contributed by atoms with van der Waals surface area (Å²) in [6, 6.07) is 13.0. The molecule has 1 aliphatic rings. The van der Waals surface area contributed by atoms with Gasteiger partial charge in [-0.3, -0.25) is 0 Å². The quantitative estimate of drug-likeness (QED) is 0.657. The summed E-state index contributed by atoms with van der Waals surface area (Å²) in [5.41, 5.74) is 10.4. The van der Waals surface area contributed by atoms with Crippen molar-refractivity contribution in [2.45, 2.75) is 31.9 Å². The molecule has 0 fully saturated rings. The first-order valence-electron chi connectivity index (χ1n) is 7.80. The molecule has 0 bridgehead atoms. The third-order valence-electron chi connectivity index (χ3n) is 4.20. The zero-order valence-corrected chi connectivity index (χ0v) is 12.9. The molecule has 2 amide bonds. The Hall–Kier alpha value is -2.53. The Morgan fingerprint density at radius 1 is 1.22 bits per heavy atom. The average molecular weight is 311 g/mol. The van der Waals surface area contributed by atoms with Gasteiger partial charge >= 0.3 is 6.03 Å². The fraction of sp³-hybridized carbons (Fsp3) is 0.278. The molecule has 120 valence electrons. The summed E-state index contributed by atoms with van der Waals surface area (Å²) in [7, 11) is 0. The first-order valence-corrected chi connectivity index (χ1v) is 7.80. The lowest BCUT2D eigenvalue weighted by molar-refractivity contribution is 0.159. The molecular formula is C18H21N3O2. The zero-order chi connectivity index (χ0) is 16.2. The third-order valence-corrected chi connectivity index (χ3v) is 4.20. The predicted octanol–water partition coefficient (Wildman–Crippen LogP) is 2.44. The first kappa shape index (κ1) is 15.4. The van der Waals surface area contributed by atoms with Crippen LogP contribution in [0.5, 0.6) is 0 Å². The van der Waals surface area contributed by atoms with Gasteiger partial charge < -0.3 is 21.5 Å². The van der Waals surface area contributed by atoms with Crippen molar-refractivity contribution >= 4 is 17.4 Å². The van der Waals surface area contributed by atoms with E-state index >= 15 is 0 Å². The Morgan fingerprint density at radius 3 is 2.87 bits per heavy atom. The maximum absolute atomic E-state index is 12.1. The monoisotopic (exact) mass is 311 g/mol. The molecule has 0 aliphatic heterocycles. The van der Waals surface area contributed by atoms with E-state index in [9.17, 15) is 9.90 Å². The number of hydrogen-bond acceptors (Lipinski definition) is 3. The van der Waals surface area contributed by atoms with Crippen molar-refractivity contribution in [1.29, 1.82) is 0 Å². The number of fused-ring (bicyclic) bond motifs is 1. The highest BCUT2D eigenvalue weighted by Gasteiger charge is 2.19. The molecule has 1 atom stereocenters.